The van der Waals surface area contributed by atoms with Crippen LogP contribution in [0.4, 0.5) is 5.82 Å². The predicted octanol–water partition coefficient (Wildman–Crippen LogP) is -1.46. The molecule has 112 valence electrons. The van der Waals surface area contributed by atoms with Crippen LogP contribution in [0.3, 0.4) is 0 Å². The predicted molar refractivity (Wildman–Crippen MR) is 73.9 cm³/mol. The van der Waals surface area contributed by atoms with Crippen LogP contribution in [0.2, 0.25) is 0 Å². The first-order valence-corrected chi connectivity index (χ1v) is 6.45. The number of fused-ring (bicyclic) bond motifs is 1. The number of rotatable bonds is 3. The van der Waals surface area contributed by atoms with E-state index in [1.165, 1.54) is 17.2 Å². The molecule has 2 aromatic heterocycles. The van der Waals surface area contributed by atoms with Crippen molar-refractivity contribution in [2.45, 2.75) is 24.5 Å². The number of aliphatic hydroxyl groups is 2. The molecule has 9 heteroatoms. The molecule has 0 unspecified atom stereocenters. The quantitative estimate of drug-likeness (QED) is 0.502. The summed E-state index contributed by atoms with van der Waals surface area (Å²) in [6.07, 6.45) is 2.40. The van der Waals surface area contributed by atoms with E-state index in [-0.39, 0.29) is 5.82 Å². The molecule has 0 spiro atoms. The van der Waals surface area contributed by atoms with Crippen LogP contribution in [0, 0.1) is 0 Å². The van der Waals surface area contributed by atoms with Crippen molar-refractivity contribution >= 4 is 17.0 Å². The summed E-state index contributed by atoms with van der Waals surface area (Å²) in [5, 5.41) is 20.2. The maximum atomic E-state index is 10.2. The van der Waals surface area contributed by atoms with E-state index < -0.39 is 24.5 Å². The fourth-order valence-corrected chi connectivity index (χ4v) is 2.34. The summed E-state index contributed by atoms with van der Waals surface area (Å²) in [5.74, 6) is 0.242. The minimum atomic E-state index is -1.12. The smallest absolute Gasteiger partial charge is 0.167 e. The van der Waals surface area contributed by atoms with Gasteiger partial charge < -0.3 is 26.4 Å². The van der Waals surface area contributed by atoms with Crippen molar-refractivity contribution in [3.05, 3.63) is 24.8 Å². The van der Waals surface area contributed by atoms with Crippen LogP contribution in [0.25, 0.3) is 11.2 Å². The van der Waals surface area contributed by atoms with Gasteiger partial charge in [-0.1, -0.05) is 12.2 Å². The molecule has 1 aliphatic rings. The Morgan fingerprint density at radius 2 is 2.10 bits per heavy atom. The van der Waals surface area contributed by atoms with Crippen molar-refractivity contribution in [1.82, 2.24) is 19.5 Å². The Balaban J connectivity index is 1.96. The summed E-state index contributed by atoms with van der Waals surface area (Å²) in [7, 11) is 0. The lowest BCUT2D eigenvalue weighted by Crippen LogP contribution is -2.30. The lowest BCUT2D eigenvalue weighted by molar-refractivity contribution is -0.0245. The summed E-state index contributed by atoms with van der Waals surface area (Å²) in [6, 6.07) is 0. The van der Waals surface area contributed by atoms with Crippen molar-refractivity contribution in [3.63, 3.8) is 0 Å². The second kappa shape index (κ2) is 5.37. The monoisotopic (exact) mass is 292 g/mol. The molecule has 1 aliphatic heterocycles. The fourth-order valence-electron chi connectivity index (χ4n) is 2.34. The minimum absolute atomic E-state index is 0.242. The lowest BCUT2D eigenvalue weighted by Gasteiger charge is -2.16. The molecule has 0 radical (unpaired) electrons. The van der Waals surface area contributed by atoms with Crippen LogP contribution in [-0.4, -0.2) is 54.6 Å². The second-order valence-electron chi connectivity index (χ2n) is 4.72. The third kappa shape index (κ3) is 2.25. The van der Waals surface area contributed by atoms with Gasteiger partial charge in [0.1, 0.15) is 30.2 Å². The highest BCUT2D eigenvalue weighted by Crippen LogP contribution is 2.32. The molecule has 0 amide bonds. The molecule has 1 saturated heterocycles. The first-order valence-electron chi connectivity index (χ1n) is 6.45. The van der Waals surface area contributed by atoms with E-state index in [0.717, 1.165) is 0 Å². The molecule has 0 aliphatic carbocycles. The first-order chi connectivity index (χ1) is 10.1. The van der Waals surface area contributed by atoms with Gasteiger partial charge in [0.05, 0.1) is 6.33 Å². The summed E-state index contributed by atoms with van der Waals surface area (Å²) in [4.78, 5) is 12.1. The van der Waals surface area contributed by atoms with Crippen molar-refractivity contribution < 1.29 is 14.9 Å². The zero-order valence-electron chi connectivity index (χ0n) is 11.1. The van der Waals surface area contributed by atoms with Crippen LogP contribution in [0.1, 0.15) is 6.23 Å². The lowest BCUT2D eigenvalue weighted by atomic mass is 10.1. The third-order valence-electron chi connectivity index (χ3n) is 3.40. The van der Waals surface area contributed by atoms with Crippen molar-refractivity contribution in [3.8, 4) is 0 Å². The number of aromatic nitrogens is 4. The summed E-state index contributed by atoms with van der Waals surface area (Å²) < 4.78 is 7.19. The van der Waals surface area contributed by atoms with E-state index in [4.69, 9.17) is 16.2 Å². The van der Waals surface area contributed by atoms with E-state index in [9.17, 15) is 10.2 Å². The van der Waals surface area contributed by atoms with E-state index in [0.29, 0.717) is 17.7 Å². The number of ether oxygens (including phenoxy) is 1. The van der Waals surface area contributed by atoms with Crippen molar-refractivity contribution in [2.24, 2.45) is 5.73 Å². The van der Waals surface area contributed by atoms with Gasteiger partial charge in [-0.15, -0.1) is 0 Å². The molecular formula is C12H16N6O3. The average Bonchev–Trinajstić information content (AvgIpc) is 3.02. The first kappa shape index (κ1) is 13.9. The van der Waals surface area contributed by atoms with Crippen LogP contribution in [0.5, 0.6) is 0 Å². The fraction of sp³-hybridized carbons (Fsp3) is 0.417. The standard InChI is InChI=1S/C12H16N6O3/c13-3-1-2-6-8(19)9(20)12(21-6)18-5-17-7-10(14)15-4-16-11(7)18/h1-2,4-6,8-9,12,19-20H,3,13H2,(H2,14,15,16)/t6-,8-,9-,12-/m1/s1. The highest BCUT2D eigenvalue weighted by atomic mass is 16.6. The van der Waals surface area contributed by atoms with Gasteiger partial charge in [0.25, 0.3) is 0 Å². The van der Waals surface area contributed by atoms with Crippen LogP contribution in [0.15, 0.2) is 24.8 Å². The van der Waals surface area contributed by atoms with E-state index in [1.807, 2.05) is 0 Å². The van der Waals surface area contributed by atoms with Gasteiger partial charge in [-0.3, -0.25) is 4.57 Å². The van der Waals surface area contributed by atoms with Crippen molar-refractivity contribution in [1.29, 1.82) is 0 Å². The number of nitrogens with zero attached hydrogens (tertiary/aromatic N) is 4. The van der Waals surface area contributed by atoms with E-state index >= 15 is 0 Å². The number of nitrogens with two attached hydrogens (primary N) is 2. The largest absolute Gasteiger partial charge is 0.387 e. The molecule has 0 aromatic carbocycles. The van der Waals surface area contributed by atoms with E-state index in [2.05, 4.69) is 15.0 Å². The maximum absolute atomic E-state index is 10.2. The number of hydrogen-bond donors (Lipinski definition) is 4. The number of anilines is 1. The number of hydrogen-bond acceptors (Lipinski definition) is 8. The molecule has 0 saturated carbocycles. The Bertz CT molecular complexity index is 672. The van der Waals surface area contributed by atoms with Gasteiger partial charge in [0.15, 0.2) is 17.7 Å². The normalized spacial score (nSPS) is 29.7. The van der Waals surface area contributed by atoms with Crippen LogP contribution < -0.4 is 11.5 Å². The van der Waals surface area contributed by atoms with E-state index in [1.54, 1.807) is 12.2 Å². The number of aliphatic hydroxyl groups excluding tert-OH is 2. The highest BCUT2D eigenvalue weighted by molar-refractivity contribution is 5.81. The third-order valence-corrected chi connectivity index (χ3v) is 3.40. The Kier molecular flexibility index (Phi) is 3.55. The molecule has 3 heterocycles. The Morgan fingerprint density at radius 3 is 2.86 bits per heavy atom. The summed E-state index contributed by atoms with van der Waals surface area (Å²) in [6.45, 7) is 0.325. The Hall–Kier alpha value is -2.07. The zero-order valence-corrected chi connectivity index (χ0v) is 11.1. The molecule has 4 atom stereocenters. The summed E-state index contributed by atoms with van der Waals surface area (Å²) >= 11 is 0. The van der Waals surface area contributed by atoms with Gasteiger partial charge in [-0.2, -0.15) is 0 Å². The number of nitrogen functional groups attached to an aromatic ring is 1. The van der Waals surface area contributed by atoms with Crippen LogP contribution in [-0.2, 0) is 4.74 Å². The molecular weight excluding hydrogens is 276 g/mol. The minimum Gasteiger partial charge on any atom is -0.387 e. The van der Waals surface area contributed by atoms with Crippen LogP contribution >= 0.6 is 0 Å². The molecule has 1 fully saturated rings. The zero-order chi connectivity index (χ0) is 15.0. The molecule has 6 N–H and O–H groups in total. The summed E-state index contributed by atoms with van der Waals surface area (Å²) in [5.41, 5.74) is 11.9. The van der Waals surface area contributed by atoms with Gasteiger partial charge in [-0.05, 0) is 0 Å². The molecule has 3 rings (SSSR count). The Labute approximate surface area is 119 Å². The second-order valence-corrected chi connectivity index (χ2v) is 4.72. The Morgan fingerprint density at radius 1 is 1.29 bits per heavy atom. The maximum Gasteiger partial charge on any atom is 0.167 e. The van der Waals surface area contributed by atoms with Gasteiger partial charge >= 0.3 is 0 Å². The van der Waals surface area contributed by atoms with Gasteiger partial charge in [-0.25, -0.2) is 15.0 Å². The SMILES string of the molecule is NCC=C[C@H]1O[C@@H](n2cnc3c(N)ncnc32)[C@H](O)[C@@H]1O. The highest BCUT2D eigenvalue weighted by Gasteiger charge is 2.43. The van der Waals surface area contributed by atoms with Gasteiger partial charge in [0.2, 0.25) is 0 Å². The van der Waals surface area contributed by atoms with Gasteiger partial charge in [0, 0.05) is 6.54 Å². The topological polar surface area (TPSA) is 145 Å². The average molecular weight is 292 g/mol. The van der Waals surface area contributed by atoms with Crippen molar-refractivity contribution in [2.75, 3.05) is 12.3 Å². The molecule has 21 heavy (non-hydrogen) atoms. The number of imidazole rings is 1. The molecule has 0 bridgehead atoms. The molecule has 2 aromatic rings. The molecule has 9 nitrogen and oxygen atoms in total.